The number of hydrogen-bond acceptors (Lipinski definition) is 4. The molecule has 1 N–H and O–H groups in total. The highest BCUT2D eigenvalue weighted by atomic mass is 16.5. The highest BCUT2D eigenvalue weighted by Crippen LogP contribution is 2.30. The number of aromatic nitrogens is 2. The number of ether oxygens (including phenoxy) is 2. The molecule has 0 fully saturated rings. The van der Waals surface area contributed by atoms with Crippen LogP contribution >= 0.6 is 0 Å². The first-order chi connectivity index (χ1) is 13.7. The van der Waals surface area contributed by atoms with Crippen LogP contribution in [0.5, 0.6) is 11.5 Å². The van der Waals surface area contributed by atoms with Crippen LogP contribution in [0.3, 0.4) is 0 Å². The normalized spacial score (nSPS) is 10.6. The van der Waals surface area contributed by atoms with Gasteiger partial charge in [-0.15, -0.1) is 0 Å². The fraction of sp³-hybridized carbons (Fsp3) is 0.0909. The van der Waals surface area contributed by atoms with Gasteiger partial charge in [-0.3, -0.25) is 4.79 Å². The Morgan fingerprint density at radius 1 is 1.00 bits per heavy atom. The molecule has 0 saturated heterocycles. The summed E-state index contributed by atoms with van der Waals surface area (Å²) in [6, 6.07) is 18.5. The lowest BCUT2D eigenvalue weighted by atomic mass is 10.1. The van der Waals surface area contributed by atoms with Gasteiger partial charge in [-0.1, -0.05) is 24.3 Å². The molecular formula is C22H19N3O3. The monoisotopic (exact) mass is 373 g/mol. The van der Waals surface area contributed by atoms with Crippen LogP contribution in [0.15, 0.2) is 73.1 Å². The summed E-state index contributed by atoms with van der Waals surface area (Å²) in [5, 5.41) is 2.97. The maximum Gasteiger partial charge on any atom is 0.259 e. The van der Waals surface area contributed by atoms with Crippen molar-refractivity contribution in [2.45, 2.75) is 0 Å². The maximum absolute atomic E-state index is 12.9. The molecule has 2 aromatic heterocycles. The minimum atomic E-state index is -0.285. The smallest absolute Gasteiger partial charge is 0.259 e. The van der Waals surface area contributed by atoms with Gasteiger partial charge in [0.2, 0.25) is 0 Å². The molecule has 0 aliphatic rings. The lowest BCUT2D eigenvalue weighted by Gasteiger charge is -2.13. The highest BCUT2D eigenvalue weighted by molar-refractivity contribution is 6.08. The SMILES string of the molecule is COc1ccc(OC)c(C(=O)Nc2ccccc2-c2cn3ccccc3n2)c1. The van der Waals surface area contributed by atoms with Gasteiger partial charge in [0.25, 0.3) is 5.91 Å². The highest BCUT2D eigenvalue weighted by Gasteiger charge is 2.16. The number of fused-ring (bicyclic) bond motifs is 1. The van der Waals surface area contributed by atoms with Crippen LogP contribution in [0.4, 0.5) is 5.69 Å². The predicted molar refractivity (Wildman–Crippen MR) is 108 cm³/mol. The first kappa shape index (κ1) is 17.6. The van der Waals surface area contributed by atoms with Gasteiger partial charge in [0.05, 0.1) is 31.2 Å². The molecule has 4 aromatic rings. The molecule has 1 amide bonds. The number of carbonyl (C=O) groups is 1. The van der Waals surface area contributed by atoms with Crippen molar-refractivity contribution in [3.05, 3.63) is 78.6 Å². The third kappa shape index (κ3) is 3.27. The van der Waals surface area contributed by atoms with Gasteiger partial charge in [0, 0.05) is 18.0 Å². The van der Waals surface area contributed by atoms with E-state index >= 15 is 0 Å². The number of anilines is 1. The topological polar surface area (TPSA) is 64.9 Å². The average molecular weight is 373 g/mol. The van der Waals surface area contributed by atoms with E-state index in [1.807, 2.05) is 59.3 Å². The van der Waals surface area contributed by atoms with E-state index in [1.54, 1.807) is 25.3 Å². The Labute approximate surface area is 162 Å². The molecule has 6 nitrogen and oxygen atoms in total. The van der Waals surface area contributed by atoms with E-state index in [0.717, 1.165) is 16.9 Å². The molecule has 6 heteroatoms. The van der Waals surface area contributed by atoms with Crippen molar-refractivity contribution in [3.8, 4) is 22.8 Å². The molecule has 0 radical (unpaired) electrons. The quantitative estimate of drug-likeness (QED) is 0.567. The molecule has 2 heterocycles. The van der Waals surface area contributed by atoms with Crippen molar-refractivity contribution in [1.82, 2.24) is 9.38 Å². The fourth-order valence-electron chi connectivity index (χ4n) is 3.06. The number of carbonyl (C=O) groups excluding carboxylic acids is 1. The third-order valence-corrected chi connectivity index (χ3v) is 4.47. The number of benzene rings is 2. The predicted octanol–water partition coefficient (Wildman–Crippen LogP) is 4.27. The Balaban J connectivity index is 1.71. The van der Waals surface area contributed by atoms with E-state index in [4.69, 9.17) is 9.47 Å². The summed E-state index contributed by atoms with van der Waals surface area (Å²) in [5.41, 5.74) is 3.52. The summed E-state index contributed by atoms with van der Waals surface area (Å²) >= 11 is 0. The molecule has 28 heavy (non-hydrogen) atoms. The van der Waals surface area contributed by atoms with Crippen molar-refractivity contribution in [3.63, 3.8) is 0 Å². The second-order valence-electron chi connectivity index (χ2n) is 6.16. The molecule has 140 valence electrons. The summed E-state index contributed by atoms with van der Waals surface area (Å²) in [5.74, 6) is 0.773. The van der Waals surface area contributed by atoms with Gasteiger partial charge in [-0.25, -0.2) is 4.98 Å². The van der Waals surface area contributed by atoms with E-state index in [2.05, 4.69) is 10.3 Å². The minimum absolute atomic E-state index is 0.285. The molecule has 4 rings (SSSR count). The second-order valence-corrected chi connectivity index (χ2v) is 6.16. The van der Waals surface area contributed by atoms with Gasteiger partial charge in [-0.05, 0) is 36.4 Å². The molecule has 0 spiro atoms. The zero-order valence-corrected chi connectivity index (χ0v) is 15.5. The number of imidazole rings is 1. The number of pyridine rings is 1. The van der Waals surface area contributed by atoms with Crippen molar-refractivity contribution in [1.29, 1.82) is 0 Å². The number of nitrogens with one attached hydrogen (secondary N) is 1. The first-order valence-electron chi connectivity index (χ1n) is 8.76. The Kier molecular flexibility index (Phi) is 4.68. The van der Waals surface area contributed by atoms with Crippen LogP contribution < -0.4 is 14.8 Å². The average Bonchev–Trinajstić information content (AvgIpc) is 3.17. The number of para-hydroxylation sites is 1. The van der Waals surface area contributed by atoms with E-state index in [0.29, 0.717) is 22.7 Å². The van der Waals surface area contributed by atoms with Gasteiger partial charge < -0.3 is 19.2 Å². The first-order valence-corrected chi connectivity index (χ1v) is 8.76. The van der Waals surface area contributed by atoms with Gasteiger partial charge >= 0.3 is 0 Å². The van der Waals surface area contributed by atoms with Crippen LogP contribution in [0.25, 0.3) is 16.9 Å². The van der Waals surface area contributed by atoms with E-state index in [1.165, 1.54) is 7.11 Å². The molecule has 2 aromatic carbocycles. The van der Waals surface area contributed by atoms with Crippen LogP contribution in [0, 0.1) is 0 Å². The largest absolute Gasteiger partial charge is 0.497 e. The second kappa shape index (κ2) is 7.44. The Morgan fingerprint density at radius 2 is 1.82 bits per heavy atom. The summed E-state index contributed by atoms with van der Waals surface area (Å²) in [6.45, 7) is 0. The standard InChI is InChI=1S/C22H19N3O3/c1-27-15-10-11-20(28-2)17(13-15)22(26)24-18-8-4-3-7-16(18)19-14-25-12-6-5-9-21(25)23-19/h3-14H,1-2H3,(H,24,26). The van der Waals surface area contributed by atoms with Crippen LogP contribution in [-0.4, -0.2) is 29.5 Å². The van der Waals surface area contributed by atoms with Crippen LogP contribution in [0.1, 0.15) is 10.4 Å². The van der Waals surface area contributed by atoms with Gasteiger partial charge in [0.15, 0.2) is 0 Å². The molecule has 0 unspecified atom stereocenters. The molecule has 0 aliphatic carbocycles. The molecule has 0 atom stereocenters. The van der Waals surface area contributed by atoms with E-state index in [9.17, 15) is 4.79 Å². The number of rotatable bonds is 5. The third-order valence-electron chi connectivity index (χ3n) is 4.47. The molecule has 0 aliphatic heterocycles. The van der Waals surface area contributed by atoms with E-state index < -0.39 is 0 Å². The number of methoxy groups -OCH3 is 2. The maximum atomic E-state index is 12.9. The van der Waals surface area contributed by atoms with Crippen molar-refractivity contribution in [2.24, 2.45) is 0 Å². The lowest BCUT2D eigenvalue weighted by Crippen LogP contribution is -2.14. The van der Waals surface area contributed by atoms with Crippen LogP contribution in [-0.2, 0) is 0 Å². The minimum Gasteiger partial charge on any atom is -0.497 e. The number of amides is 1. The van der Waals surface area contributed by atoms with Crippen LogP contribution in [0.2, 0.25) is 0 Å². The summed E-state index contributed by atoms with van der Waals surface area (Å²) in [6.07, 6.45) is 3.88. The molecular weight excluding hydrogens is 354 g/mol. The summed E-state index contributed by atoms with van der Waals surface area (Å²) < 4.78 is 12.5. The lowest BCUT2D eigenvalue weighted by molar-refractivity contribution is 0.102. The zero-order valence-electron chi connectivity index (χ0n) is 15.5. The van der Waals surface area contributed by atoms with Crippen molar-refractivity contribution in [2.75, 3.05) is 19.5 Å². The molecule has 0 bridgehead atoms. The fourth-order valence-corrected chi connectivity index (χ4v) is 3.06. The molecule has 0 saturated carbocycles. The Bertz CT molecular complexity index is 1120. The number of hydrogen-bond donors (Lipinski definition) is 1. The zero-order chi connectivity index (χ0) is 19.5. The number of nitrogens with zero attached hydrogens (tertiary/aromatic N) is 2. The van der Waals surface area contributed by atoms with Crippen molar-refractivity contribution < 1.29 is 14.3 Å². The van der Waals surface area contributed by atoms with Gasteiger partial charge in [0.1, 0.15) is 17.1 Å². The van der Waals surface area contributed by atoms with Crippen molar-refractivity contribution >= 4 is 17.2 Å². The summed E-state index contributed by atoms with van der Waals surface area (Å²) in [7, 11) is 3.09. The Hall–Kier alpha value is -3.80. The van der Waals surface area contributed by atoms with E-state index in [-0.39, 0.29) is 5.91 Å². The Morgan fingerprint density at radius 3 is 2.61 bits per heavy atom. The summed E-state index contributed by atoms with van der Waals surface area (Å²) in [4.78, 5) is 17.6. The van der Waals surface area contributed by atoms with Gasteiger partial charge in [-0.2, -0.15) is 0 Å².